The molecule has 2 fully saturated rings. The second kappa shape index (κ2) is 7.21. The van der Waals surface area contributed by atoms with Gasteiger partial charge in [0.15, 0.2) is 0 Å². The lowest BCUT2D eigenvalue weighted by atomic mass is 9.95. The summed E-state index contributed by atoms with van der Waals surface area (Å²) in [4.78, 5) is 14.1. The van der Waals surface area contributed by atoms with E-state index in [-0.39, 0.29) is 0 Å². The summed E-state index contributed by atoms with van der Waals surface area (Å²) in [5.74, 6) is 1.79. The topological polar surface area (TPSA) is 32.3 Å². The second-order valence-electron chi connectivity index (χ2n) is 6.54. The first-order valence-corrected chi connectivity index (χ1v) is 8.63. The average molecular weight is 288 g/mol. The molecule has 3 rings (SSSR count). The highest BCUT2D eigenvalue weighted by molar-refractivity contribution is 5.30. The predicted octanol–water partition coefficient (Wildman–Crippen LogP) is 2.74. The molecule has 4 heteroatoms. The molecule has 0 unspecified atom stereocenters. The van der Waals surface area contributed by atoms with Crippen LogP contribution in [0.2, 0.25) is 0 Å². The normalized spacial score (nSPS) is 21.7. The van der Waals surface area contributed by atoms with Gasteiger partial charge < -0.3 is 9.80 Å². The molecule has 3 heterocycles. The van der Waals surface area contributed by atoms with Crippen molar-refractivity contribution in [1.82, 2.24) is 14.9 Å². The minimum atomic E-state index is 0.870. The van der Waals surface area contributed by atoms with E-state index in [4.69, 9.17) is 0 Å². The summed E-state index contributed by atoms with van der Waals surface area (Å²) in [6, 6.07) is 0. The van der Waals surface area contributed by atoms with Crippen molar-refractivity contribution in [3.05, 3.63) is 18.0 Å². The van der Waals surface area contributed by atoms with E-state index in [0.29, 0.717) is 0 Å². The highest BCUT2D eigenvalue weighted by Gasteiger charge is 2.23. The SMILES string of the molecule is CCc1cnc(N2CCC(CN3CCCCC3)CC2)nc1. The molecule has 0 aromatic carbocycles. The first-order chi connectivity index (χ1) is 10.3. The Balaban J connectivity index is 1.47. The molecule has 21 heavy (non-hydrogen) atoms. The van der Waals surface area contributed by atoms with E-state index in [1.165, 1.54) is 57.3 Å². The average Bonchev–Trinajstić information content (AvgIpc) is 2.57. The van der Waals surface area contributed by atoms with Gasteiger partial charge in [0.05, 0.1) is 0 Å². The van der Waals surface area contributed by atoms with Crippen molar-refractivity contribution >= 4 is 5.95 Å². The van der Waals surface area contributed by atoms with Crippen LogP contribution in [-0.2, 0) is 6.42 Å². The second-order valence-corrected chi connectivity index (χ2v) is 6.54. The zero-order valence-corrected chi connectivity index (χ0v) is 13.3. The lowest BCUT2D eigenvalue weighted by Crippen LogP contribution is -2.40. The van der Waals surface area contributed by atoms with Gasteiger partial charge in [-0.1, -0.05) is 13.3 Å². The van der Waals surface area contributed by atoms with E-state index in [1.807, 2.05) is 12.4 Å². The van der Waals surface area contributed by atoms with Crippen LogP contribution in [0, 0.1) is 5.92 Å². The van der Waals surface area contributed by atoms with Crippen molar-refractivity contribution in [1.29, 1.82) is 0 Å². The number of likely N-dealkylation sites (tertiary alicyclic amines) is 1. The monoisotopic (exact) mass is 288 g/mol. The van der Waals surface area contributed by atoms with Crippen LogP contribution in [0.3, 0.4) is 0 Å². The molecule has 0 spiro atoms. The van der Waals surface area contributed by atoms with Gasteiger partial charge in [-0.25, -0.2) is 9.97 Å². The third-order valence-electron chi connectivity index (χ3n) is 4.96. The fraction of sp³-hybridized carbons (Fsp3) is 0.765. The van der Waals surface area contributed by atoms with Crippen LogP contribution in [-0.4, -0.2) is 47.6 Å². The first-order valence-electron chi connectivity index (χ1n) is 8.63. The third kappa shape index (κ3) is 3.94. The summed E-state index contributed by atoms with van der Waals surface area (Å²) >= 11 is 0. The van der Waals surface area contributed by atoms with E-state index in [2.05, 4.69) is 26.7 Å². The van der Waals surface area contributed by atoms with Gasteiger partial charge in [0.2, 0.25) is 5.95 Å². The van der Waals surface area contributed by atoms with Crippen molar-refractivity contribution in [2.24, 2.45) is 5.92 Å². The maximum absolute atomic E-state index is 4.52. The van der Waals surface area contributed by atoms with Gasteiger partial charge in [0.1, 0.15) is 0 Å². The highest BCUT2D eigenvalue weighted by atomic mass is 15.3. The summed E-state index contributed by atoms with van der Waals surface area (Å²) in [5.41, 5.74) is 1.22. The van der Waals surface area contributed by atoms with Crippen molar-refractivity contribution in [3.63, 3.8) is 0 Å². The molecule has 2 aliphatic heterocycles. The molecule has 4 nitrogen and oxygen atoms in total. The Morgan fingerprint density at radius 3 is 2.29 bits per heavy atom. The standard InChI is InChI=1S/C17H28N4/c1-2-15-12-18-17(19-13-15)21-10-6-16(7-11-21)14-20-8-4-3-5-9-20/h12-13,16H,2-11,14H2,1H3. The first kappa shape index (κ1) is 14.8. The Morgan fingerprint density at radius 2 is 1.67 bits per heavy atom. The summed E-state index contributed by atoms with van der Waals surface area (Å²) in [6.07, 6.45) is 11.8. The number of hydrogen-bond acceptors (Lipinski definition) is 4. The number of hydrogen-bond donors (Lipinski definition) is 0. The van der Waals surface area contributed by atoms with Crippen LogP contribution >= 0.6 is 0 Å². The van der Waals surface area contributed by atoms with E-state index < -0.39 is 0 Å². The van der Waals surface area contributed by atoms with Crippen LogP contribution in [0.25, 0.3) is 0 Å². The number of rotatable bonds is 4. The molecule has 0 radical (unpaired) electrons. The van der Waals surface area contributed by atoms with Gasteiger partial charge in [0.25, 0.3) is 0 Å². The van der Waals surface area contributed by atoms with E-state index >= 15 is 0 Å². The maximum Gasteiger partial charge on any atom is 0.225 e. The van der Waals surface area contributed by atoms with E-state index in [9.17, 15) is 0 Å². The van der Waals surface area contributed by atoms with Crippen molar-refractivity contribution in [3.8, 4) is 0 Å². The molecule has 0 bridgehead atoms. The number of anilines is 1. The molecule has 0 saturated carbocycles. The maximum atomic E-state index is 4.52. The van der Waals surface area contributed by atoms with Crippen LogP contribution in [0.15, 0.2) is 12.4 Å². The van der Waals surface area contributed by atoms with Crippen LogP contribution < -0.4 is 4.90 Å². The Labute approximate surface area is 128 Å². The number of aryl methyl sites for hydroxylation is 1. The van der Waals surface area contributed by atoms with Crippen molar-refractivity contribution < 1.29 is 0 Å². The van der Waals surface area contributed by atoms with Gasteiger partial charge in [0, 0.05) is 32.0 Å². The van der Waals surface area contributed by atoms with Gasteiger partial charge in [-0.05, 0) is 56.7 Å². The molecule has 2 aliphatic rings. The van der Waals surface area contributed by atoms with Gasteiger partial charge in [-0.15, -0.1) is 0 Å². The molecule has 116 valence electrons. The molecule has 0 N–H and O–H groups in total. The Kier molecular flexibility index (Phi) is 5.07. The van der Waals surface area contributed by atoms with Crippen LogP contribution in [0.1, 0.15) is 44.6 Å². The lowest BCUT2D eigenvalue weighted by Gasteiger charge is -2.36. The lowest BCUT2D eigenvalue weighted by molar-refractivity contribution is 0.181. The quantitative estimate of drug-likeness (QED) is 0.853. The summed E-state index contributed by atoms with van der Waals surface area (Å²) in [7, 11) is 0. The summed E-state index contributed by atoms with van der Waals surface area (Å²) in [5, 5.41) is 0. The number of piperidine rings is 2. The van der Waals surface area contributed by atoms with Gasteiger partial charge >= 0.3 is 0 Å². The minimum absolute atomic E-state index is 0.870. The van der Waals surface area contributed by atoms with Crippen LogP contribution in [0.5, 0.6) is 0 Å². The van der Waals surface area contributed by atoms with Gasteiger partial charge in [-0.3, -0.25) is 0 Å². The Hall–Kier alpha value is -1.16. The van der Waals surface area contributed by atoms with E-state index in [0.717, 1.165) is 31.4 Å². The Morgan fingerprint density at radius 1 is 1.00 bits per heavy atom. The molecule has 0 atom stereocenters. The summed E-state index contributed by atoms with van der Waals surface area (Å²) < 4.78 is 0. The zero-order chi connectivity index (χ0) is 14.5. The molecule has 0 amide bonds. The molecule has 2 saturated heterocycles. The molecule has 0 aliphatic carbocycles. The number of aromatic nitrogens is 2. The van der Waals surface area contributed by atoms with Crippen LogP contribution in [0.4, 0.5) is 5.95 Å². The Bertz CT molecular complexity index is 417. The van der Waals surface area contributed by atoms with Gasteiger partial charge in [-0.2, -0.15) is 0 Å². The zero-order valence-electron chi connectivity index (χ0n) is 13.3. The number of nitrogens with zero attached hydrogens (tertiary/aromatic N) is 4. The summed E-state index contributed by atoms with van der Waals surface area (Å²) in [6.45, 7) is 8.32. The minimum Gasteiger partial charge on any atom is -0.341 e. The smallest absolute Gasteiger partial charge is 0.225 e. The fourth-order valence-corrected chi connectivity index (χ4v) is 3.52. The predicted molar refractivity (Wildman–Crippen MR) is 86.6 cm³/mol. The third-order valence-corrected chi connectivity index (χ3v) is 4.96. The molecular formula is C17H28N4. The molecule has 1 aromatic heterocycles. The highest BCUT2D eigenvalue weighted by Crippen LogP contribution is 2.22. The fourth-order valence-electron chi connectivity index (χ4n) is 3.52. The van der Waals surface area contributed by atoms with Crippen molar-refractivity contribution in [2.45, 2.75) is 45.4 Å². The molecule has 1 aromatic rings. The van der Waals surface area contributed by atoms with E-state index in [1.54, 1.807) is 0 Å². The van der Waals surface area contributed by atoms with Crippen molar-refractivity contribution in [2.75, 3.05) is 37.6 Å². The molecular weight excluding hydrogens is 260 g/mol. The largest absolute Gasteiger partial charge is 0.341 e.